The highest BCUT2D eigenvalue weighted by atomic mass is 32.1. The molecule has 14 heavy (non-hydrogen) atoms. The molecule has 1 rings (SSSR count). The molecule has 5 nitrogen and oxygen atoms in total. The highest BCUT2D eigenvalue weighted by molar-refractivity contribution is 7.80. The first-order valence-corrected chi connectivity index (χ1v) is 4.75. The summed E-state index contributed by atoms with van der Waals surface area (Å²) < 4.78 is 10.3. The first-order valence-electron chi connectivity index (χ1n) is 4.34. The SMILES string of the molecule is CN(C)C(=S)OCC1OCC(O)C1O. The normalized spacial score (nSPS) is 31.6. The molecule has 0 bridgehead atoms. The molecular formula is C8H15NO4S. The smallest absolute Gasteiger partial charge is 0.258 e. The van der Waals surface area contributed by atoms with E-state index in [2.05, 4.69) is 0 Å². The minimum Gasteiger partial charge on any atom is -0.468 e. The topological polar surface area (TPSA) is 62.2 Å². The van der Waals surface area contributed by atoms with Crippen molar-refractivity contribution in [2.75, 3.05) is 27.3 Å². The van der Waals surface area contributed by atoms with E-state index in [1.807, 2.05) is 0 Å². The van der Waals surface area contributed by atoms with Crippen molar-refractivity contribution in [3.63, 3.8) is 0 Å². The molecule has 0 aromatic rings. The van der Waals surface area contributed by atoms with Crippen LogP contribution in [0.2, 0.25) is 0 Å². The second kappa shape index (κ2) is 4.88. The second-order valence-corrected chi connectivity index (χ2v) is 3.75. The third-order valence-electron chi connectivity index (χ3n) is 1.99. The van der Waals surface area contributed by atoms with Crippen molar-refractivity contribution in [3.05, 3.63) is 0 Å². The molecule has 82 valence electrons. The third kappa shape index (κ3) is 2.78. The lowest BCUT2D eigenvalue weighted by molar-refractivity contribution is -0.00447. The van der Waals surface area contributed by atoms with Crippen LogP contribution >= 0.6 is 12.2 Å². The zero-order valence-electron chi connectivity index (χ0n) is 8.21. The number of aliphatic hydroxyl groups is 2. The van der Waals surface area contributed by atoms with Crippen LogP contribution in [0.3, 0.4) is 0 Å². The van der Waals surface area contributed by atoms with Crippen LogP contribution in [0.5, 0.6) is 0 Å². The number of hydrogen-bond acceptors (Lipinski definition) is 5. The van der Waals surface area contributed by atoms with Crippen molar-refractivity contribution in [2.45, 2.75) is 18.3 Å². The molecule has 0 amide bonds. The van der Waals surface area contributed by atoms with E-state index in [1.54, 1.807) is 19.0 Å². The van der Waals surface area contributed by atoms with Crippen molar-refractivity contribution in [1.82, 2.24) is 4.90 Å². The summed E-state index contributed by atoms with van der Waals surface area (Å²) in [6.45, 7) is 0.305. The van der Waals surface area contributed by atoms with Gasteiger partial charge in [-0.15, -0.1) is 0 Å². The van der Waals surface area contributed by atoms with Gasteiger partial charge in [0.2, 0.25) is 0 Å². The first kappa shape index (κ1) is 11.6. The van der Waals surface area contributed by atoms with Crippen molar-refractivity contribution >= 4 is 17.4 Å². The summed E-state index contributed by atoms with van der Waals surface area (Å²) >= 11 is 4.88. The van der Waals surface area contributed by atoms with Crippen LogP contribution in [0.4, 0.5) is 0 Å². The van der Waals surface area contributed by atoms with E-state index in [1.165, 1.54) is 0 Å². The summed E-state index contributed by atoms with van der Waals surface area (Å²) in [7, 11) is 3.53. The molecule has 2 N–H and O–H groups in total. The number of hydrogen-bond donors (Lipinski definition) is 2. The van der Waals surface area contributed by atoms with Crippen LogP contribution in [0.1, 0.15) is 0 Å². The maximum absolute atomic E-state index is 9.40. The van der Waals surface area contributed by atoms with Gasteiger partial charge in [-0.25, -0.2) is 0 Å². The monoisotopic (exact) mass is 221 g/mol. The zero-order valence-corrected chi connectivity index (χ0v) is 9.03. The molecule has 1 aliphatic rings. The van der Waals surface area contributed by atoms with Gasteiger partial charge in [0, 0.05) is 14.1 Å². The largest absolute Gasteiger partial charge is 0.468 e. The Hall–Kier alpha value is -0.430. The van der Waals surface area contributed by atoms with Gasteiger partial charge in [0.15, 0.2) is 0 Å². The van der Waals surface area contributed by atoms with E-state index < -0.39 is 18.3 Å². The Bertz CT molecular complexity index is 212. The Morgan fingerprint density at radius 1 is 1.57 bits per heavy atom. The van der Waals surface area contributed by atoms with Crippen molar-refractivity contribution in [1.29, 1.82) is 0 Å². The molecule has 6 heteroatoms. The summed E-state index contributed by atoms with van der Waals surface area (Å²) in [5, 5.41) is 18.9. The molecule has 1 fully saturated rings. The fourth-order valence-corrected chi connectivity index (χ4v) is 1.16. The molecule has 0 radical (unpaired) electrons. The molecule has 3 atom stereocenters. The average Bonchev–Trinajstić information content (AvgIpc) is 2.44. The third-order valence-corrected chi connectivity index (χ3v) is 2.48. The quantitative estimate of drug-likeness (QED) is 0.581. The van der Waals surface area contributed by atoms with E-state index in [-0.39, 0.29) is 13.2 Å². The Morgan fingerprint density at radius 2 is 2.21 bits per heavy atom. The Morgan fingerprint density at radius 3 is 2.64 bits per heavy atom. The molecule has 0 saturated carbocycles. The van der Waals surface area contributed by atoms with Crippen LogP contribution in [-0.2, 0) is 9.47 Å². The molecule has 0 aliphatic carbocycles. The Kier molecular flexibility index (Phi) is 4.06. The van der Waals surface area contributed by atoms with E-state index in [0.29, 0.717) is 5.17 Å². The predicted molar refractivity (Wildman–Crippen MR) is 54.0 cm³/mol. The number of ether oxygens (including phenoxy) is 2. The van der Waals surface area contributed by atoms with Crippen LogP contribution in [0.15, 0.2) is 0 Å². The number of aliphatic hydroxyl groups excluding tert-OH is 2. The van der Waals surface area contributed by atoms with Crippen molar-refractivity contribution < 1.29 is 19.7 Å². The second-order valence-electron chi connectivity index (χ2n) is 3.40. The van der Waals surface area contributed by atoms with Gasteiger partial charge in [-0.2, -0.15) is 0 Å². The van der Waals surface area contributed by atoms with Crippen molar-refractivity contribution in [2.24, 2.45) is 0 Å². The zero-order chi connectivity index (χ0) is 10.7. The summed E-state index contributed by atoms with van der Waals surface area (Å²) in [6.07, 6.45) is -2.21. The number of nitrogens with zero attached hydrogens (tertiary/aromatic N) is 1. The van der Waals surface area contributed by atoms with E-state index in [4.69, 9.17) is 26.8 Å². The maximum atomic E-state index is 9.40. The molecular weight excluding hydrogens is 206 g/mol. The first-order chi connectivity index (χ1) is 6.52. The van der Waals surface area contributed by atoms with Gasteiger partial charge < -0.3 is 24.6 Å². The predicted octanol–water partition coefficient (Wildman–Crippen LogP) is -1.03. The van der Waals surface area contributed by atoms with Gasteiger partial charge in [-0.05, 0) is 12.2 Å². The molecule has 1 saturated heterocycles. The lowest BCUT2D eigenvalue weighted by Gasteiger charge is -2.18. The van der Waals surface area contributed by atoms with Gasteiger partial charge in [0.1, 0.15) is 24.9 Å². The highest BCUT2D eigenvalue weighted by Gasteiger charge is 2.35. The highest BCUT2D eigenvalue weighted by Crippen LogP contribution is 2.14. The summed E-state index contributed by atoms with van der Waals surface area (Å²) in [5.74, 6) is 0. The molecule has 0 aromatic carbocycles. The summed E-state index contributed by atoms with van der Waals surface area (Å²) in [4.78, 5) is 1.65. The average molecular weight is 221 g/mol. The van der Waals surface area contributed by atoms with Gasteiger partial charge >= 0.3 is 0 Å². The molecule has 3 unspecified atom stereocenters. The maximum Gasteiger partial charge on any atom is 0.258 e. The van der Waals surface area contributed by atoms with Gasteiger partial charge in [-0.3, -0.25) is 0 Å². The van der Waals surface area contributed by atoms with Gasteiger partial charge in [-0.1, -0.05) is 0 Å². The lowest BCUT2D eigenvalue weighted by Crippen LogP contribution is -2.35. The molecule has 1 heterocycles. The van der Waals surface area contributed by atoms with E-state index in [9.17, 15) is 5.11 Å². The van der Waals surface area contributed by atoms with E-state index in [0.717, 1.165) is 0 Å². The fraction of sp³-hybridized carbons (Fsp3) is 0.875. The van der Waals surface area contributed by atoms with Crippen molar-refractivity contribution in [3.8, 4) is 0 Å². The Labute approximate surface area is 88.2 Å². The van der Waals surface area contributed by atoms with Crippen LogP contribution in [0.25, 0.3) is 0 Å². The molecule has 0 spiro atoms. The minimum absolute atomic E-state index is 0.143. The van der Waals surface area contributed by atoms with E-state index >= 15 is 0 Å². The van der Waals surface area contributed by atoms with Crippen LogP contribution in [0, 0.1) is 0 Å². The number of thiocarbonyl (C=S) groups is 1. The standard InChI is InChI=1S/C8H15NO4S/c1-9(2)8(14)13-4-6-7(11)5(10)3-12-6/h5-7,10-11H,3-4H2,1-2H3. The Balaban J connectivity index is 2.29. The number of rotatable bonds is 2. The summed E-state index contributed by atoms with van der Waals surface area (Å²) in [5.41, 5.74) is 0. The van der Waals surface area contributed by atoms with Crippen LogP contribution in [-0.4, -0.2) is 65.9 Å². The minimum atomic E-state index is -0.889. The summed E-state index contributed by atoms with van der Waals surface area (Å²) in [6, 6.07) is 0. The van der Waals surface area contributed by atoms with Gasteiger partial charge in [0.05, 0.1) is 6.61 Å². The van der Waals surface area contributed by atoms with Crippen LogP contribution < -0.4 is 0 Å². The molecule has 1 aliphatic heterocycles. The molecule has 0 aromatic heterocycles. The lowest BCUT2D eigenvalue weighted by atomic mass is 10.2. The fourth-order valence-electron chi connectivity index (χ4n) is 1.10. The van der Waals surface area contributed by atoms with Gasteiger partial charge in [0.25, 0.3) is 5.17 Å².